The van der Waals surface area contributed by atoms with Gasteiger partial charge < -0.3 is 10.1 Å². The molecule has 0 bridgehead atoms. The highest BCUT2D eigenvalue weighted by Gasteiger charge is 2.32. The van der Waals surface area contributed by atoms with Gasteiger partial charge in [-0.3, -0.25) is 4.90 Å². The van der Waals surface area contributed by atoms with Crippen molar-refractivity contribution in [3.63, 3.8) is 0 Å². The molecule has 2 aromatic rings. The fourth-order valence-corrected chi connectivity index (χ4v) is 3.04. The number of alkyl halides is 2. The van der Waals surface area contributed by atoms with Crippen molar-refractivity contribution in [1.29, 1.82) is 0 Å². The van der Waals surface area contributed by atoms with Crippen LogP contribution >= 0.6 is 0 Å². The number of hydrogen-bond donors (Lipinski definition) is 1. The molecule has 1 N–H and O–H groups in total. The highest BCUT2D eigenvalue weighted by atomic mass is 19.3. The number of nitrogens with zero attached hydrogens (tertiary/aromatic N) is 1. The van der Waals surface area contributed by atoms with Crippen molar-refractivity contribution in [2.45, 2.75) is 19.1 Å². The second-order valence-electron chi connectivity index (χ2n) is 5.88. The normalized spacial score (nSPS) is 17.0. The Hall–Kier alpha value is -1.98. The summed E-state index contributed by atoms with van der Waals surface area (Å²) in [5.74, 6) is 0.533. The molecule has 0 spiro atoms. The molecule has 0 aliphatic carbocycles. The van der Waals surface area contributed by atoms with E-state index in [-0.39, 0.29) is 0 Å². The Labute approximate surface area is 141 Å². The first-order valence-corrected chi connectivity index (χ1v) is 8.24. The van der Waals surface area contributed by atoms with Crippen molar-refractivity contribution in [3.8, 4) is 5.75 Å². The van der Waals surface area contributed by atoms with E-state index in [1.165, 1.54) is 0 Å². The van der Waals surface area contributed by atoms with Crippen molar-refractivity contribution in [1.82, 2.24) is 10.2 Å². The van der Waals surface area contributed by atoms with Crippen LogP contribution in [-0.2, 0) is 6.61 Å². The maximum absolute atomic E-state index is 13.8. The monoisotopic (exact) mass is 332 g/mol. The molecule has 3 rings (SSSR count). The second kappa shape index (κ2) is 8.22. The number of nitrogens with one attached hydrogen (secondary N) is 1. The third-order valence-corrected chi connectivity index (χ3v) is 4.26. The minimum Gasteiger partial charge on any atom is -0.489 e. The Morgan fingerprint density at radius 2 is 1.62 bits per heavy atom. The molecule has 24 heavy (non-hydrogen) atoms. The summed E-state index contributed by atoms with van der Waals surface area (Å²) in [5.41, 5.74) is 1.58. The number of halogens is 2. The molecule has 1 heterocycles. The van der Waals surface area contributed by atoms with Gasteiger partial charge in [-0.05, 0) is 11.6 Å². The molecule has 0 radical (unpaired) electrons. The van der Waals surface area contributed by atoms with E-state index in [9.17, 15) is 8.78 Å². The van der Waals surface area contributed by atoms with Gasteiger partial charge in [0.05, 0.1) is 6.04 Å². The topological polar surface area (TPSA) is 24.5 Å². The Morgan fingerprint density at radius 1 is 0.958 bits per heavy atom. The summed E-state index contributed by atoms with van der Waals surface area (Å²) in [4.78, 5) is 1.84. The lowest BCUT2D eigenvalue weighted by atomic mass is 10.0. The van der Waals surface area contributed by atoms with Crippen molar-refractivity contribution in [2.24, 2.45) is 0 Å². The van der Waals surface area contributed by atoms with Crippen molar-refractivity contribution in [2.75, 3.05) is 26.2 Å². The molecule has 3 nitrogen and oxygen atoms in total. The molecule has 2 aromatic carbocycles. The molecule has 5 heteroatoms. The maximum atomic E-state index is 13.8. The zero-order valence-electron chi connectivity index (χ0n) is 13.5. The fourth-order valence-electron chi connectivity index (χ4n) is 3.04. The highest BCUT2D eigenvalue weighted by molar-refractivity contribution is 5.37. The number of benzene rings is 2. The van der Waals surface area contributed by atoms with Gasteiger partial charge in [-0.25, -0.2) is 8.78 Å². The van der Waals surface area contributed by atoms with Gasteiger partial charge in [0.25, 0.3) is 6.43 Å². The van der Waals surface area contributed by atoms with Crippen LogP contribution in [0.5, 0.6) is 5.75 Å². The Bertz CT molecular complexity index is 630. The van der Waals surface area contributed by atoms with Crippen LogP contribution in [0.25, 0.3) is 0 Å². The molecule has 1 aliphatic heterocycles. The SMILES string of the molecule is FC(F)[C@@H](c1ccccc1OCc1ccccc1)N1CCNCC1. The number of ether oxygens (including phenoxy) is 1. The number of rotatable bonds is 6. The third kappa shape index (κ3) is 4.10. The van der Waals surface area contributed by atoms with E-state index in [4.69, 9.17) is 4.74 Å². The zero-order chi connectivity index (χ0) is 16.8. The molecule has 0 unspecified atom stereocenters. The average Bonchev–Trinajstić information content (AvgIpc) is 2.63. The van der Waals surface area contributed by atoms with Crippen LogP contribution in [0.1, 0.15) is 17.2 Å². The predicted molar refractivity (Wildman–Crippen MR) is 90.4 cm³/mol. The van der Waals surface area contributed by atoms with Gasteiger partial charge in [0.1, 0.15) is 12.4 Å². The van der Waals surface area contributed by atoms with Crippen LogP contribution in [0, 0.1) is 0 Å². The van der Waals surface area contributed by atoms with Gasteiger partial charge in [-0.1, -0.05) is 48.5 Å². The summed E-state index contributed by atoms with van der Waals surface area (Å²) < 4.78 is 33.5. The molecule has 1 saturated heterocycles. The standard InChI is InChI=1S/C19H22F2N2O/c20-19(21)18(23-12-10-22-11-13-23)16-8-4-5-9-17(16)24-14-15-6-2-1-3-7-15/h1-9,18-19,22H,10-14H2/t18-/m1/s1. The maximum Gasteiger partial charge on any atom is 0.258 e. The van der Waals surface area contributed by atoms with Gasteiger partial charge in [0.2, 0.25) is 0 Å². The van der Waals surface area contributed by atoms with E-state index >= 15 is 0 Å². The van der Waals surface area contributed by atoms with E-state index in [1.54, 1.807) is 18.2 Å². The van der Waals surface area contributed by atoms with E-state index in [0.29, 0.717) is 31.0 Å². The minimum absolute atomic E-state index is 0.370. The van der Waals surface area contributed by atoms with E-state index in [0.717, 1.165) is 18.7 Å². The first-order chi connectivity index (χ1) is 11.8. The van der Waals surface area contributed by atoms with E-state index in [2.05, 4.69) is 5.32 Å². The summed E-state index contributed by atoms with van der Waals surface area (Å²) in [7, 11) is 0. The van der Waals surface area contributed by atoms with Gasteiger partial charge in [0.15, 0.2) is 0 Å². The Balaban J connectivity index is 1.80. The van der Waals surface area contributed by atoms with Crippen LogP contribution < -0.4 is 10.1 Å². The van der Waals surface area contributed by atoms with Crippen LogP contribution in [0.2, 0.25) is 0 Å². The Morgan fingerprint density at radius 3 is 2.33 bits per heavy atom. The van der Waals surface area contributed by atoms with Gasteiger partial charge in [0, 0.05) is 31.7 Å². The summed E-state index contributed by atoms with van der Waals surface area (Å²) in [6.45, 7) is 3.06. The van der Waals surface area contributed by atoms with Crippen LogP contribution in [0.4, 0.5) is 8.78 Å². The lowest BCUT2D eigenvalue weighted by Crippen LogP contribution is -2.47. The fraction of sp³-hybridized carbons (Fsp3) is 0.368. The van der Waals surface area contributed by atoms with E-state index < -0.39 is 12.5 Å². The number of hydrogen-bond acceptors (Lipinski definition) is 3. The predicted octanol–water partition coefficient (Wildman–Crippen LogP) is 3.48. The smallest absolute Gasteiger partial charge is 0.258 e. The molecule has 0 aromatic heterocycles. The lowest BCUT2D eigenvalue weighted by Gasteiger charge is -2.35. The molecule has 0 amide bonds. The molecule has 0 saturated carbocycles. The van der Waals surface area contributed by atoms with Crippen molar-refractivity contribution < 1.29 is 13.5 Å². The zero-order valence-corrected chi connectivity index (χ0v) is 13.5. The molecule has 1 atom stereocenters. The minimum atomic E-state index is -2.45. The third-order valence-electron chi connectivity index (χ3n) is 4.26. The van der Waals surface area contributed by atoms with Crippen molar-refractivity contribution >= 4 is 0 Å². The summed E-state index contributed by atoms with van der Waals surface area (Å²) in [6.07, 6.45) is -2.45. The molecule has 128 valence electrons. The average molecular weight is 332 g/mol. The molecular weight excluding hydrogens is 310 g/mol. The summed E-state index contributed by atoms with van der Waals surface area (Å²) >= 11 is 0. The molecule has 1 fully saturated rings. The number of piperazine rings is 1. The summed E-state index contributed by atoms with van der Waals surface area (Å²) in [6, 6.07) is 15.9. The van der Waals surface area contributed by atoms with Gasteiger partial charge in [-0.15, -0.1) is 0 Å². The van der Waals surface area contributed by atoms with Crippen LogP contribution in [0.15, 0.2) is 54.6 Å². The lowest BCUT2D eigenvalue weighted by molar-refractivity contribution is 0.0166. The largest absolute Gasteiger partial charge is 0.489 e. The second-order valence-corrected chi connectivity index (χ2v) is 5.88. The van der Waals surface area contributed by atoms with Crippen LogP contribution in [0.3, 0.4) is 0 Å². The quantitative estimate of drug-likeness (QED) is 0.876. The van der Waals surface area contributed by atoms with Gasteiger partial charge in [-0.2, -0.15) is 0 Å². The highest BCUT2D eigenvalue weighted by Crippen LogP contribution is 2.34. The van der Waals surface area contributed by atoms with Crippen molar-refractivity contribution in [3.05, 3.63) is 65.7 Å². The first-order valence-electron chi connectivity index (χ1n) is 8.24. The molecule has 1 aliphatic rings. The Kier molecular flexibility index (Phi) is 5.77. The van der Waals surface area contributed by atoms with Gasteiger partial charge >= 0.3 is 0 Å². The summed E-state index contributed by atoms with van der Waals surface area (Å²) in [5, 5.41) is 3.20. The number of para-hydroxylation sites is 1. The first kappa shape index (κ1) is 16.9. The van der Waals surface area contributed by atoms with Crippen LogP contribution in [-0.4, -0.2) is 37.5 Å². The van der Waals surface area contributed by atoms with E-state index in [1.807, 2.05) is 41.3 Å². The molecular formula is C19H22F2N2O.